The summed E-state index contributed by atoms with van der Waals surface area (Å²) in [5.74, 6) is -0.0751. The summed E-state index contributed by atoms with van der Waals surface area (Å²) in [5, 5.41) is 1.01. The average molecular weight is 424 g/mol. The molecule has 1 unspecified atom stereocenters. The standard InChI is InChI=1S/C25H29NO5/c1-17(18-8-6-5-7-9-18)30-23(27)13-10-19-15-26-22-14-20(11-12-21(19)22)29-16-24(28)31-25(2,3)4/h5-9,11-12,14-15,17,26H,10,13,16H2,1-4H3. The summed E-state index contributed by atoms with van der Waals surface area (Å²) in [4.78, 5) is 27.3. The molecule has 0 fully saturated rings. The van der Waals surface area contributed by atoms with E-state index in [9.17, 15) is 9.59 Å². The van der Waals surface area contributed by atoms with Gasteiger partial charge in [-0.3, -0.25) is 4.79 Å². The molecule has 1 atom stereocenters. The predicted molar refractivity (Wildman–Crippen MR) is 119 cm³/mol. The molecule has 0 saturated carbocycles. The van der Waals surface area contributed by atoms with E-state index in [1.807, 2.05) is 76.4 Å². The minimum Gasteiger partial charge on any atom is -0.482 e. The van der Waals surface area contributed by atoms with Crippen LogP contribution in [0.2, 0.25) is 0 Å². The van der Waals surface area contributed by atoms with E-state index in [0.717, 1.165) is 22.0 Å². The molecule has 6 heteroatoms. The number of fused-ring (bicyclic) bond motifs is 1. The third-order valence-electron chi connectivity index (χ3n) is 4.69. The quantitative estimate of drug-likeness (QED) is 0.509. The molecule has 0 amide bonds. The van der Waals surface area contributed by atoms with Gasteiger partial charge in [0.05, 0.1) is 0 Å². The SMILES string of the molecule is CC(OC(=O)CCc1c[nH]c2cc(OCC(=O)OC(C)(C)C)ccc12)c1ccccc1. The number of rotatable bonds is 8. The van der Waals surface area contributed by atoms with E-state index in [-0.39, 0.29) is 18.7 Å². The largest absolute Gasteiger partial charge is 0.482 e. The van der Waals surface area contributed by atoms with E-state index in [0.29, 0.717) is 18.6 Å². The van der Waals surface area contributed by atoms with Crippen LogP contribution in [0.15, 0.2) is 54.7 Å². The molecule has 31 heavy (non-hydrogen) atoms. The number of hydrogen-bond acceptors (Lipinski definition) is 5. The first-order chi connectivity index (χ1) is 14.7. The average Bonchev–Trinajstić information content (AvgIpc) is 3.12. The lowest BCUT2D eigenvalue weighted by Gasteiger charge is -2.19. The van der Waals surface area contributed by atoms with E-state index >= 15 is 0 Å². The van der Waals surface area contributed by atoms with Gasteiger partial charge < -0.3 is 19.2 Å². The molecular weight excluding hydrogens is 394 g/mol. The van der Waals surface area contributed by atoms with Crippen LogP contribution in [0, 0.1) is 0 Å². The van der Waals surface area contributed by atoms with E-state index in [2.05, 4.69) is 4.98 Å². The Balaban J connectivity index is 1.54. The normalized spacial score (nSPS) is 12.4. The number of benzene rings is 2. The van der Waals surface area contributed by atoms with Crippen LogP contribution in [0.5, 0.6) is 5.75 Å². The number of hydrogen-bond donors (Lipinski definition) is 1. The Morgan fingerprint density at radius 2 is 1.77 bits per heavy atom. The van der Waals surface area contributed by atoms with Crippen molar-refractivity contribution in [1.82, 2.24) is 4.98 Å². The van der Waals surface area contributed by atoms with Gasteiger partial charge in [-0.15, -0.1) is 0 Å². The molecule has 1 aromatic heterocycles. The first-order valence-corrected chi connectivity index (χ1v) is 10.4. The van der Waals surface area contributed by atoms with Crippen molar-refractivity contribution < 1.29 is 23.8 Å². The van der Waals surface area contributed by atoms with Gasteiger partial charge in [-0.2, -0.15) is 0 Å². The number of aromatic amines is 1. The molecule has 0 spiro atoms. The molecule has 0 saturated heterocycles. The van der Waals surface area contributed by atoms with Crippen molar-refractivity contribution in [3.8, 4) is 5.75 Å². The van der Waals surface area contributed by atoms with Gasteiger partial charge in [0.1, 0.15) is 17.5 Å². The Labute approximate surface area is 182 Å². The first kappa shape index (κ1) is 22.4. The Morgan fingerprint density at radius 3 is 2.48 bits per heavy atom. The highest BCUT2D eigenvalue weighted by molar-refractivity contribution is 5.85. The number of aromatic nitrogens is 1. The lowest BCUT2D eigenvalue weighted by atomic mass is 10.1. The Morgan fingerprint density at radius 1 is 1.03 bits per heavy atom. The number of aryl methyl sites for hydroxylation is 1. The van der Waals surface area contributed by atoms with E-state index in [1.165, 1.54) is 0 Å². The van der Waals surface area contributed by atoms with Crippen molar-refractivity contribution in [3.63, 3.8) is 0 Å². The van der Waals surface area contributed by atoms with Gasteiger partial charge in [-0.1, -0.05) is 30.3 Å². The third-order valence-corrected chi connectivity index (χ3v) is 4.69. The summed E-state index contributed by atoms with van der Waals surface area (Å²) in [7, 11) is 0. The zero-order chi connectivity index (χ0) is 22.4. The lowest BCUT2D eigenvalue weighted by Crippen LogP contribution is -2.27. The fourth-order valence-electron chi connectivity index (χ4n) is 3.26. The second kappa shape index (κ2) is 9.69. The summed E-state index contributed by atoms with van der Waals surface area (Å²) in [6.45, 7) is 7.17. The second-order valence-corrected chi connectivity index (χ2v) is 8.44. The van der Waals surface area contributed by atoms with Gasteiger partial charge in [0.2, 0.25) is 0 Å². The summed E-state index contributed by atoms with van der Waals surface area (Å²) in [6.07, 6.45) is 2.47. The maximum absolute atomic E-state index is 12.3. The molecule has 1 N–H and O–H groups in total. The number of H-pyrrole nitrogens is 1. The van der Waals surface area contributed by atoms with Crippen LogP contribution in [-0.2, 0) is 25.5 Å². The molecule has 6 nitrogen and oxygen atoms in total. The number of ether oxygens (including phenoxy) is 3. The summed E-state index contributed by atoms with van der Waals surface area (Å²) in [5.41, 5.74) is 2.33. The molecule has 164 valence electrons. The molecule has 1 heterocycles. The number of esters is 2. The molecule has 2 aromatic carbocycles. The molecule has 0 aliphatic heterocycles. The van der Waals surface area contributed by atoms with Crippen LogP contribution in [0.1, 0.15) is 51.3 Å². The van der Waals surface area contributed by atoms with Gasteiger partial charge in [0.15, 0.2) is 6.61 Å². The molecule has 3 rings (SSSR count). The Hall–Kier alpha value is -3.28. The monoisotopic (exact) mass is 423 g/mol. The predicted octanol–water partition coefficient (Wildman–Crippen LogP) is 5.13. The van der Waals surface area contributed by atoms with Crippen molar-refractivity contribution in [3.05, 3.63) is 65.9 Å². The van der Waals surface area contributed by atoms with Crippen molar-refractivity contribution in [1.29, 1.82) is 0 Å². The molecule has 0 bridgehead atoms. The molecule has 0 aliphatic rings. The zero-order valence-electron chi connectivity index (χ0n) is 18.4. The van der Waals surface area contributed by atoms with Crippen molar-refractivity contribution in [2.45, 2.75) is 52.2 Å². The molecule has 0 radical (unpaired) electrons. The smallest absolute Gasteiger partial charge is 0.344 e. The first-order valence-electron chi connectivity index (χ1n) is 10.4. The van der Waals surface area contributed by atoms with Gasteiger partial charge in [-0.05, 0) is 57.4 Å². The van der Waals surface area contributed by atoms with Gasteiger partial charge >= 0.3 is 11.9 Å². The molecular formula is C25H29NO5. The maximum Gasteiger partial charge on any atom is 0.344 e. The van der Waals surface area contributed by atoms with Crippen LogP contribution in [0.25, 0.3) is 10.9 Å². The highest BCUT2D eigenvalue weighted by atomic mass is 16.6. The van der Waals surface area contributed by atoms with Crippen molar-refractivity contribution in [2.75, 3.05) is 6.61 Å². The number of nitrogens with one attached hydrogen (secondary N) is 1. The fraction of sp³-hybridized carbons (Fsp3) is 0.360. The van der Waals surface area contributed by atoms with Crippen LogP contribution in [0.3, 0.4) is 0 Å². The van der Waals surface area contributed by atoms with Gasteiger partial charge in [0, 0.05) is 29.6 Å². The number of carbonyl (C=O) groups excluding carboxylic acids is 2. The van der Waals surface area contributed by atoms with Gasteiger partial charge in [-0.25, -0.2) is 4.79 Å². The topological polar surface area (TPSA) is 77.6 Å². The third kappa shape index (κ3) is 6.60. The Bertz CT molecular complexity index is 1030. The summed E-state index contributed by atoms with van der Waals surface area (Å²) in [6, 6.07) is 15.2. The highest BCUT2D eigenvalue weighted by Crippen LogP contribution is 2.25. The lowest BCUT2D eigenvalue weighted by molar-refractivity contribution is -0.157. The van der Waals surface area contributed by atoms with Crippen LogP contribution >= 0.6 is 0 Å². The minimum absolute atomic E-state index is 0.151. The second-order valence-electron chi connectivity index (χ2n) is 8.44. The minimum atomic E-state index is -0.543. The van der Waals surface area contributed by atoms with E-state index < -0.39 is 11.6 Å². The van der Waals surface area contributed by atoms with Crippen LogP contribution in [-0.4, -0.2) is 29.1 Å². The van der Waals surface area contributed by atoms with Crippen molar-refractivity contribution >= 4 is 22.8 Å². The van der Waals surface area contributed by atoms with Gasteiger partial charge in [0.25, 0.3) is 0 Å². The number of carbonyl (C=O) groups is 2. The summed E-state index contributed by atoms with van der Waals surface area (Å²) >= 11 is 0. The van der Waals surface area contributed by atoms with Crippen LogP contribution in [0.4, 0.5) is 0 Å². The highest BCUT2D eigenvalue weighted by Gasteiger charge is 2.17. The fourth-order valence-corrected chi connectivity index (χ4v) is 3.26. The van der Waals surface area contributed by atoms with Crippen molar-refractivity contribution in [2.24, 2.45) is 0 Å². The molecule has 0 aliphatic carbocycles. The molecule has 3 aromatic rings. The van der Waals surface area contributed by atoms with E-state index in [1.54, 1.807) is 6.07 Å². The summed E-state index contributed by atoms with van der Waals surface area (Å²) < 4.78 is 16.3. The Kier molecular flexibility index (Phi) is 7.00. The van der Waals surface area contributed by atoms with E-state index in [4.69, 9.17) is 14.2 Å². The maximum atomic E-state index is 12.3. The van der Waals surface area contributed by atoms with Crippen LogP contribution < -0.4 is 4.74 Å². The zero-order valence-corrected chi connectivity index (χ0v) is 18.4.